The average molecular weight is 280 g/mol. The van der Waals surface area contributed by atoms with Crippen molar-refractivity contribution in [3.63, 3.8) is 0 Å². The molecule has 21 heavy (non-hydrogen) atoms. The first-order valence-electron chi connectivity index (χ1n) is 6.67. The number of hydrogen-bond acceptors (Lipinski definition) is 4. The van der Waals surface area contributed by atoms with Gasteiger partial charge in [-0.25, -0.2) is 0 Å². The molecule has 0 radical (unpaired) electrons. The number of ether oxygens (including phenoxy) is 1. The van der Waals surface area contributed by atoms with Crippen molar-refractivity contribution >= 4 is 5.82 Å². The second-order valence-corrected chi connectivity index (χ2v) is 4.79. The molecule has 0 saturated carbocycles. The van der Waals surface area contributed by atoms with Gasteiger partial charge in [-0.05, 0) is 18.6 Å². The zero-order valence-electron chi connectivity index (χ0n) is 12.0. The molecule has 0 fully saturated rings. The molecule has 0 atom stereocenters. The van der Waals surface area contributed by atoms with E-state index in [2.05, 4.69) is 5.16 Å². The highest BCUT2D eigenvalue weighted by Crippen LogP contribution is 2.41. The zero-order chi connectivity index (χ0) is 14.8. The molecule has 1 aromatic heterocycles. The van der Waals surface area contributed by atoms with E-state index in [0.29, 0.717) is 11.6 Å². The highest BCUT2D eigenvalue weighted by Gasteiger charge is 2.21. The first-order chi connectivity index (χ1) is 10.2. The van der Waals surface area contributed by atoms with Gasteiger partial charge in [0.15, 0.2) is 11.6 Å². The average Bonchev–Trinajstić information content (AvgIpc) is 2.89. The van der Waals surface area contributed by atoms with Gasteiger partial charge in [-0.1, -0.05) is 47.6 Å². The van der Waals surface area contributed by atoms with Crippen LogP contribution < -0.4 is 10.5 Å². The van der Waals surface area contributed by atoms with E-state index in [1.807, 2.05) is 55.5 Å². The molecule has 0 aliphatic carbocycles. The van der Waals surface area contributed by atoms with Crippen LogP contribution in [0.2, 0.25) is 0 Å². The number of rotatable bonds is 3. The molecule has 4 nitrogen and oxygen atoms in total. The van der Waals surface area contributed by atoms with Crippen molar-refractivity contribution in [2.75, 3.05) is 12.8 Å². The van der Waals surface area contributed by atoms with Crippen molar-refractivity contribution in [3.05, 3.63) is 54.1 Å². The number of para-hydroxylation sites is 1. The van der Waals surface area contributed by atoms with Gasteiger partial charge in [0.2, 0.25) is 0 Å². The Bertz CT molecular complexity index is 778. The molecule has 0 amide bonds. The van der Waals surface area contributed by atoms with Crippen LogP contribution in [0.3, 0.4) is 0 Å². The lowest BCUT2D eigenvalue weighted by Gasteiger charge is -2.09. The van der Waals surface area contributed by atoms with Gasteiger partial charge < -0.3 is 15.0 Å². The predicted octanol–water partition coefficient (Wildman–Crippen LogP) is 3.91. The Hall–Kier alpha value is -2.75. The summed E-state index contributed by atoms with van der Waals surface area (Å²) in [6.07, 6.45) is 0. The minimum Gasteiger partial charge on any atom is -0.496 e. The Kier molecular flexibility index (Phi) is 3.36. The quantitative estimate of drug-likeness (QED) is 0.790. The van der Waals surface area contributed by atoms with Crippen molar-refractivity contribution in [2.45, 2.75) is 6.92 Å². The third kappa shape index (κ3) is 2.25. The minimum absolute atomic E-state index is 0.359. The third-order valence-corrected chi connectivity index (χ3v) is 3.48. The lowest BCUT2D eigenvalue weighted by atomic mass is 9.98. The molecule has 0 bridgehead atoms. The van der Waals surface area contributed by atoms with Crippen LogP contribution in [-0.2, 0) is 0 Å². The number of aromatic nitrogens is 1. The number of hydrogen-bond donors (Lipinski definition) is 1. The van der Waals surface area contributed by atoms with E-state index in [-0.39, 0.29) is 0 Å². The molecular formula is C17H16N2O2. The molecule has 2 aromatic carbocycles. The summed E-state index contributed by atoms with van der Waals surface area (Å²) >= 11 is 0. The van der Waals surface area contributed by atoms with Gasteiger partial charge in [0, 0.05) is 11.1 Å². The van der Waals surface area contributed by atoms with Crippen LogP contribution in [0.25, 0.3) is 22.5 Å². The number of aryl methyl sites for hydroxylation is 1. The maximum Gasteiger partial charge on any atom is 0.177 e. The van der Waals surface area contributed by atoms with Crippen LogP contribution in [0.15, 0.2) is 53.1 Å². The number of nitrogens with zero attached hydrogens (tertiary/aromatic N) is 1. The maximum atomic E-state index is 6.02. The van der Waals surface area contributed by atoms with Crippen LogP contribution in [0, 0.1) is 6.92 Å². The van der Waals surface area contributed by atoms with E-state index in [1.54, 1.807) is 7.11 Å². The number of benzene rings is 2. The van der Waals surface area contributed by atoms with Gasteiger partial charge >= 0.3 is 0 Å². The maximum absolute atomic E-state index is 6.02. The number of nitrogen functional groups attached to an aromatic ring is 1. The summed E-state index contributed by atoms with van der Waals surface area (Å²) < 4.78 is 10.9. The Balaban J connectivity index is 2.25. The number of anilines is 1. The van der Waals surface area contributed by atoms with Crippen LogP contribution in [0.4, 0.5) is 5.82 Å². The first kappa shape index (κ1) is 13.2. The SMILES string of the molecule is COc1ccccc1-c1c(N)noc1-c1ccccc1C. The van der Waals surface area contributed by atoms with Crippen molar-refractivity contribution < 1.29 is 9.26 Å². The smallest absolute Gasteiger partial charge is 0.177 e. The fourth-order valence-electron chi connectivity index (χ4n) is 2.43. The minimum atomic E-state index is 0.359. The van der Waals surface area contributed by atoms with E-state index in [4.69, 9.17) is 15.0 Å². The largest absolute Gasteiger partial charge is 0.496 e. The highest BCUT2D eigenvalue weighted by molar-refractivity contribution is 5.89. The standard InChI is InChI=1S/C17H16N2O2/c1-11-7-3-4-8-12(11)16-15(17(18)19-21-16)13-9-5-6-10-14(13)20-2/h3-10H,1-2H3,(H2,18,19). The first-order valence-corrected chi connectivity index (χ1v) is 6.67. The van der Waals surface area contributed by atoms with E-state index in [1.165, 1.54) is 0 Å². The molecule has 2 N–H and O–H groups in total. The fourth-order valence-corrected chi connectivity index (χ4v) is 2.43. The summed E-state index contributed by atoms with van der Waals surface area (Å²) in [5.41, 5.74) is 9.74. The molecule has 0 aliphatic rings. The summed E-state index contributed by atoms with van der Waals surface area (Å²) in [5.74, 6) is 1.76. The lowest BCUT2D eigenvalue weighted by Crippen LogP contribution is -1.93. The van der Waals surface area contributed by atoms with Crippen molar-refractivity contribution in [1.82, 2.24) is 5.16 Å². The van der Waals surface area contributed by atoms with Crippen LogP contribution in [0.5, 0.6) is 5.75 Å². The van der Waals surface area contributed by atoms with Crippen LogP contribution in [-0.4, -0.2) is 12.3 Å². The second-order valence-electron chi connectivity index (χ2n) is 4.79. The Morgan fingerprint density at radius 1 is 1.00 bits per heavy atom. The molecule has 3 aromatic rings. The summed E-state index contributed by atoms with van der Waals surface area (Å²) in [4.78, 5) is 0. The second kappa shape index (κ2) is 5.32. The van der Waals surface area contributed by atoms with Crippen molar-refractivity contribution in [1.29, 1.82) is 0 Å². The lowest BCUT2D eigenvalue weighted by molar-refractivity contribution is 0.416. The monoisotopic (exact) mass is 280 g/mol. The molecule has 4 heteroatoms. The van der Waals surface area contributed by atoms with E-state index in [0.717, 1.165) is 28.0 Å². The summed E-state index contributed by atoms with van der Waals surface area (Å²) in [5, 5.41) is 3.93. The molecule has 3 rings (SSSR count). The van der Waals surface area contributed by atoms with Gasteiger partial charge in [-0.15, -0.1) is 0 Å². The van der Waals surface area contributed by atoms with Gasteiger partial charge in [-0.3, -0.25) is 0 Å². The Morgan fingerprint density at radius 3 is 2.38 bits per heavy atom. The number of methoxy groups -OCH3 is 1. The van der Waals surface area contributed by atoms with Crippen molar-refractivity contribution in [2.24, 2.45) is 0 Å². The van der Waals surface area contributed by atoms with Gasteiger partial charge in [0.1, 0.15) is 5.75 Å². The molecule has 0 spiro atoms. The Morgan fingerprint density at radius 2 is 1.67 bits per heavy atom. The summed E-state index contributed by atoms with van der Waals surface area (Å²) in [7, 11) is 1.63. The molecular weight excluding hydrogens is 264 g/mol. The molecule has 0 saturated heterocycles. The van der Waals surface area contributed by atoms with Gasteiger partial charge in [0.25, 0.3) is 0 Å². The topological polar surface area (TPSA) is 61.3 Å². The highest BCUT2D eigenvalue weighted by atomic mass is 16.5. The van der Waals surface area contributed by atoms with Gasteiger partial charge in [-0.2, -0.15) is 0 Å². The van der Waals surface area contributed by atoms with E-state index >= 15 is 0 Å². The van der Waals surface area contributed by atoms with Crippen LogP contribution >= 0.6 is 0 Å². The fraction of sp³-hybridized carbons (Fsp3) is 0.118. The molecule has 1 heterocycles. The molecule has 0 aliphatic heterocycles. The van der Waals surface area contributed by atoms with E-state index in [9.17, 15) is 0 Å². The summed E-state index contributed by atoms with van der Waals surface area (Å²) in [6, 6.07) is 15.7. The molecule has 0 unspecified atom stereocenters. The van der Waals surface area contributed by atoms with E-state index < -0.39 is 0 Å². The Labute approximate surface area is 123 Å². The van der Waals surface area contributed by atoms with Crippen LogP contribution in [0.1, 0.15) is 5.56 Å². The molecule has 106 valence electrons. The third-order valence-electron chi connectivity index (χ3n) is 3.48. The van der Waals surface area contributed by atoms with Crippen molar-refractivity contribution in [3.8, 4) is 28.2 Å². The number of nitrogens with two attached hydrogens (primary N) is 1. The predicted molar refractivity (Wildman–Crippen MR) is 83.1 cm³/mol. The summed E-state index contributed by atoms with van der Waals surface area (Å²) in [6.45, 7) is 2.03. The zero-order valence-corrected chi connectivity index (χ0v) is 12.0. The normalized spacial score (nSPS) is 10.6. The van der Waals surface area contributed by atoms with Gasteiger partial charge in [0.05, 0.1) is 12.7 Å².